The number of fused-ring (bicyclic) bond motifs is 1. The van der Waals surface area contributed by atoms with Gasteiger partial charge >= 0.3 is 0 Å². The first kappa shape index (κ1) is 20.4. The lowest BCUT2D eigenvalue weighted by Crippen LogP contribution is -2.43. The molecule has 0 spiro atoms. The topological polar surface area (TPSA) is 49.4 Å². The van der Waals surface area contributed by atoms with Crippen molar-refractivity contribution in [3.8, 4) is 0 Å². The van der Waals surface area contributed by atoms with Crippen molar-refractivity contribution < 1.29 is 9.59 Å². The minimum atomic E-state index is -0.151. The van der Waals surface area contributed by atoms with Gasteiger partial charge in [0.05, 0.1) is 6.04 Å². The summed E-state index contributed by atoms with van der Waals surface area (Å²) >= 11 is 6.25. The van der Waals surface area contributed by atoms with E-state index in [0.29, 0.717) is 31.0 Å². The number of benzene rings is 3. The van der Waals surface area contributed by atoms with Gasteiger partial charge < -0.3 is 10.2 Å². The van der Waals surface area contributed by atoms with Crippen LogP contribution in [0.15, 0.2) is 66.7 Å². The van der Waals surface area contributed by atoms with Gasteiger partial charge in [-0.3, -0.25) is 9.59 Å². The number of piperidine rings is 1. The van der Waals surface area contributed by atoms with Crippen molar-refractivity contribution in [3.05, 3.63) is 82.9 Å². The first-order valence-corrected chi connectivity index (χ1v) is 10.7. The van der Waals surface area contributed by atoms with Gasteiger partial charge in [0, 0.05) is 29.6 Å². The minimum absolute atomic E-state index is 0.0275. The van der Waals surface area contributed by atoms with Gasteiger partial charge in [-0.1, -0.05) is 66.2 Å². The number of likely N-dealkylation sites (tertiary alicyclic amines) is 1. The minimum Gasteiger partial charge on any atom is -0.349 e. The second kappa shape index (κ2) is 8.88. The van der Waals surface area contributed by atoms with E-state index in [4.69, 9.17) is 11.6 Å². The molecule has 0 saturated carbocycles. The molecule has 154 valence electrons. The summed E-state index contributed by atoms with van der Waals surface area (Å²) < 4.78 is 0. The predicted octanol–water partition coefficient (Wildman–Crippen LogP) is 5.22. The molecule has 0 aromatic heterocycles. The number of carbonyl (C=O) groups is 2. The summed E-state index contributed by atoms with van der Waals surface area (Å²) in [6, 6.07) is 21.2. The van der Waals surface area contributed by atoms with Gasteiger partial charge in [0.2, 0.25) is 5.91 Å². The number of nitrogens with zero attached hydrogens (tertiary/aromatic N) is 1. The summed E-state index contributed by atoms with van der Waals surface area (Å²) in [4.78, 5) is 27.7. The van der Waals surface area contributed by atoms with Crippen LogP contribution in [0.4, 0.5) is 0 Å². The number of carbonyl (C=O) groups excluding carboxylic acids is 2. The summed E-state index contributed by atoms with van der Waals surface area (Å²) in [5.41, 5.74) is 1.64. The number of hydrogen-bond donors (Lipinski definition) is 1. The molecule has 30 heavy (non-hydrogen) atoms. The van der Waals surface area contributed by atoms with Gasteiger partial charge in [0.1, 0.15) is 0 Å². The normalized spacial score (nSPS) is 15.7. The molecule has 2 amide bonds. The first-order chi connectivity index (χ1) is 14.5. The Balaban J connectivity index is 1.38. The Morgan fingerprint density at radius 1 is 0.967 bits per heavy atom. The molecule has 3 aromatic rings. The molecular weight excluding hydrogens is 396 g/mol. The smallest absolute Gasteiger partial charge is 0.254 e. The number of halogens is 1. The fourth-order valence-electron chi connectivity index (χ4n) is 4.16. The lowest BCUT2D eigenvalue weighted by Gasteiger charge is -2.32. The van der Waals surface area contributed by atoms with E-state index >= 15 is 0 Å². The van der Waals surface area contributed by atoms with Gasteiger partial charge in [-0.2, -0.15) is 0 Å². The van der Waals surface area contributed by atoms with Crippen LogP contribution >= 0.6 is 11.6 Å². The van der Waals surface area contributed by atoms with Crippen LogP contribution in [0.3, 0.4) is 0 Å². The lowest BCUT2D eigenvalue weighted by molar-refractivity contribution is -0.126. The molecule has 4 nitrogen and oxygen atoms in total. The van der Waals surface area contributed by atoms with Crippen molar-refractivity contribution in [3.63, 3.8) is 0 Å². The molecule has 5 heteroatoms. The standard InChI is InChI=1S/C25H25ClN2O2/c1-17(20-9-4-5-12-23(20)26)27-24(29)19-13-15-28(16-14-19)25(30)22-11-6-8-18-7-2-3-10-21(18)22/h2-12,17,19H,13-16H2,1H3,(H,27,29)/t17-/m0/s1. The van der Waals surface area contributed by atoms with Crippen molar-refractivity contribution in [2.45, 2.75) is 25.8 Å². The Morgan fingerprint density at radius 2 is 1.63 bits per heavy atom. The zero-order valence-electron chi connectivity index (χ0n) is 17.0. The van der Waals surface area contributed by atoms with Gasteiger partial charge in [-0.15, -0.1) is 0 Å². The average molecular weight is 421 g/mol. The predicted molar refractivity (Wildman–Crippen MR) is 121 cm³/mol. The van der Waals surface area contributed by atoms with E-state index in [9.17, 15) is 9.59 Å². The van der Waals surface area contributed by atoms with E-state index in [1.54, 1.807) is 0 Å². The van der Waals surface area contributed by atoms with E-state index in [2.05, 4.69) is 5.32 Å². The maximum Gasteiger partial charge on any atom is 0.254 e. The number of nitrogens with one attached hydrogen (secondary N) is 1. The largest absolute Gasteiger partial charge is 0.349 e. The summed E-state index contributed by atoms with van der Waals surface area (Å²) in [5, 5.41) is 5.77. The Bertz CT molecular complexity index is 1070. The molecule has 1 saturated heterocycles. The Labute approximate surface area is 181 Å². The highest BCUT2D eigenvalue weighted by molar-refractivity contribution is 6.31. The van der Waals surface area contributed by atoms with Gasteiger partial charge in [-0.25, -0.2) is 0 Å². The SMILES string of the molecule is C[C@H](NC(=O)C1CCN(C(=O)c2cccc3ccccc23)CC1)c1ccccc1Cl. The van der Waals surface area contributed by atoms with Gasteiger partial charge in [-0.05, 0) is 48.2 Å². The highest BCUT2D eigenvalue weighted by atomic mass is 35.5. The summed E-state index contributed by atoms with van der Waals surface area (Å²) in [7, 11) is 0. The molecule has 0 aliphatic carbocycles. The first-order valence-electron chi connectivity index (χ1n) is 10.4. The fraction of sp³-hybridized carbons (Fsp3) is 0.280. The van der Waals surface area contributed by atoms with Crippen molar-refractivity contribution in [2.75, 3.05) is 13.1 Å². The Morgan fingerprint density at radius 3 is 2.40 bits per heavy atom. The van der Waals surface area contributed by atoms with Gasteiger partial charge in [0.25, 0.3) is 5.91 Å². The van der Waals surface area contributed by atoms with Crippen LogP contribution in [0.2, 0.25) is 5.02 Å². The zero-order chi connectivity index (χ0) is 21.1. The van der Waals surface area contributed by atoms with Crippen molar-refractivity contribution in [1.82, 2.24) is 10.2 Å². The molecule has 4 rings (SSSR count). The third kappa shape index (κ3) is 4.19. The Hall–Kier alpha value is -2.85. The summed E-state index contributed by atoms with van der Waals surface area (Å²) in [6.07, 6.45) is 1.33. The van der Waals surface area contributed by atoms with Crippen LogP contribution < -0.4 is 5.32 Å². The van der Waals surface area contributed by atoms with E-state index in [1.165, 1.54) is 0 Å². The highest BCUT2D eigenvalue weighted by Gasteiger charge is 2.29. The van der Waals surface area contributed by atoms with Crippen LogP contribution in [-0.2, 0) is 4.79 Å². The second-order valence-electron chi connectivity index (χ2n) is 7.84. The van der Waals surface area contributed by atoms with Crippen molar-refractivity contribution in [2.24, 2.45) is 5.92 Å². The molecule has 0 radical (unpaired) electrons. The fourth-order valence-corrected chi connectivity index (χ4v) is 4.46. The maximum absolute atomic E-state index is 13.1. The molecular formula is C25H25ClN2O2. The van der Waals surface area contributed by atoms with E-state index in [1.807, 2.05) is 78.6 Å². The maximum atomic E-state index is 13.1. The quantitative estimate of drug-likeness (QED) is 0.628. The van der Waals surface area contributed by atoms with E-state index < -0.39 is 0 Å². The number of hydrogen-bond acceptors (Lipinski definition) is 2. The second-order valence-corrected chi connectivity index (χ2v) is 8.25. The molecule has 3 aromatic carbocycles. The average Bonchev–Trinajstić information content (AvgIpc) is 2.78. The number of amides is 2. The molecule has 0 unspecified atom stereocenters. The highest BCUT2D eigenvalue weighted by Crippen LogP contribution is 2.26. The van der Waals surface area contributed by atoms with Crippen molar-refractivity contribution >= 4 is 34.2 Å². The van der Waals surface area contributed by atoms with Crippen LogP contribution in [0.5, 0.6) is 0 Å². The molecule has 0 bridgehead atoms. The van der Waals surface area contributed by atoms with E-state index in [-0.39, 0.29) is 23.8 Å². The molecule has 1 N–H and O–H groups in total. The third-order valence-corrected chi connectivity index (χ3v) is 6.25. The molecule has 1 fully saturated rings. The van der Waals surface area contributed by atoms with Crippen LogP contribution in [0.25, 0.3) is 10.8 Å². The van der Waals surface area contributed by atoms with Crippen LogP contribution in [0.1, 0.15) is 41.7 Å². The molecule has 1 aliphatic rings. The monoisotopic (exact) mass is 420 g/mol. The Kier molecular flexibility index (Phi) is 6.05. The van der Waals surface area contributed by atoms with Gasteiger partial charge in [0.15, 0.2) is 0 Å². The van der Waals surface area contributed by atoms with Crippen molar-refractivity contribution in [1.29, 1.82) is 0 Å². The van der Waals surface area contributed by atoms with E-state index in [0.717, 1.165) is 21.9 Å². The third-order valence-electron chi connectivity index (χ3n) is 5.90. The number of rotatable bonds is 4. The van der Waals surface area contributed by atoms with Crippen LogP contribution in [-0.4, -0.2) is 29.8 Å². The summed E-state index contributed by atoms with van der Waals surface area (Å²) in [6.45, 7) is 3.11. The molecule has 1 atom stereocenters. The lowest BCUT2D eigenvalue weighted by atomic mass is 9.94. The van der Waals surface area contributed by atoms with Crippen LogP contribution in [0, 0.1) is 5.92 Å². The molecule has 1 aliphatic heterocycles. The molecule has 1 heterocycles. The summed E-state index contributed by atoms with van der Waals surface area (Å²) in [5.74, 6) is -0.0266. The zero-order valence-corrected chi connectivity index (χ0v) is 17.7.